The lowest BCUT2D eigenvalue weighted by Gasteiger charge is -2.33. The summed E-state index contributed by atoms with van der Waals surface area (Å²) in [6, 6.07) is 9.49. The second-order valence-corrected chi connectivity index (χ2v) is 9.06. The SMILES string of the molecule is CC(C)(C)OC(=O)N1CCC(Oc2cc(-n3ccc4cc(N(C=N)NN)ccc43)ncn2)CC1. The number of nitrogens with two attached hydrogens (primary N) is 1. The number of carbonyl (C=O) groups is 1. The fraction of sp³-hybridized carbons (Fsp3) is 0.391. The number of benzene rings is 1. The van der Waals surface area contributed by atoms with Gasteiger partial charge in [-0.25, -0.2) is 14.8 Å². The number of anilines is 1. The monoisotopic (exact) mass is 466 g/mol. The second kappa shape index (κ2) is 9.65. The molecule has 1 fully saturated rings. The van der Waals surface area contributed by atoms with Gasteiger partial charge in [-0.1, -0.05) is 0 Å². The highest BCUT2D eigenvalue weighted by Crippen LogP contribution is 2.26. The van der Waals surface area contributed by atoms with Crippen LogP contribution in [0.25, 0.3) is 16.7 Å². The number of ether oxygens (including phenoxy) is 2. The molecule has 4 rings (SSSR count). The van der Waals surface area contributed by atoms with E-state index in [1.165, 1.54) is 11.3 Å². The van der Waals surface area contributed by atoms with Crippen LogP contribution < -0.4 is 21.1 Å². The lowest BCUT2D eigenvalue weighted by Crippen LogP contribution is -2.44. The Labute approximate surface area is 197 Å². The molecule has 0 saturated carbocycles. The summed E-state index contributed by atoms with van der Waals surface area (Å²) in [5.41, 5.74) is 3.63. The van der Waals surface area contributed by atoms with Crippen LogP contribution in [0.4, 0.5) is 10.5 Å². The van der Waals surface area contributed by atoms with Gasteiger partial charge in [0.1, 0.15) is 30.2 Å². The molecule has 0 spiro atoms. The molecule has 4 N–H and O–H groups in total. The summed E-state index contributed by atoms with van der Waals surface area (Å²) in [5.74, 6) is 6.63. The van der Waals surface area contributed by atoms with Crippen LogP contribution in [0.3, 0.4) is 0 Å². The number of aromatic nitrogens is 3. The summed E-state index contributed by atoms with van der Waals surface area (Å²) in [6.07, 6.45) is 5.58. The Hall–Kier alpha value is -3.70. The first kappa shape index (κ1) is 23.5. The summed E-state index contributed by atoms with van der Waals surface area (Å²) < 4.78 is 13.5. The topological polar surface area (TPSA) is 135 Å². The molecule has 1 amide bonds. The van der Waals surface area contributed by atoms with E-state index in [4.69, 9.17) is 20.7 Å². The second-order valence-electron chi connectivity index (χ2n) is 9.06. The van der Waals surface area contributed by atoms with Gasteiger partial charge in [0.2, 0.25) is 5.88 Å². The number of rotatable bonds is 6. The largest absolute Gasteiger partial charge is 0.474 e. The van der Waals surface area contributed by atoms with Crippen molar-refractivity contribution in [2.24, 2.45) is 5.84 Å². The Bertz CT molecular complexity index is 1160. The predicted molar refractivity (Wildman–Crippen MR) is 129 cm³/mol. The van der Waals surface area contributed by atoms with Gasteiger partial charge in [0.25, 0.3) is 0 Å². The summed E-state index contributed by atoms with van der Waals surface area (Å²) in [7, 11) is 0. The Morgan fingerprint density at radius 3 is 2.68 bits per heavy atom. The van der Waals surface area contributed by atoms with E-state index in [0.29, 0.717) is 37.6 Å². The Morgan fingerprint density at radius 1 is 1.24 bits per heavy atom. The number of hydrogen-bond acceptors (Lipinski definition) is 8. The van der Waals surface area contributed by atoms with Gasteiger partial charge < -0.3 is 18.9 Å². The highest BCUT2D eigenvalue weighted by molar-refractivity contribution is 5.88. The highest BCUT2D eigenvalue weighted by atomic mass is 16.6. The Kier molecular flexibility index (Phi) is 6.66. The summed E-state index contributed by atoms with van der Waals surface area (Å²) in [4.78, 5) is 22.7. The number of nitrogens with one attached hydrogen (secondary N) is 2. The van der Waals surface area contributed by atoms with Crippen LogP contribution in [-0.2, 0) is 4.74 Å². The molecule has 34 heavy (non-hydrogen) atoms. The standard InChI is InChI=1S/C23H30N8O3/c1-23(2,3)34-22(32)29-9-7-18(8-10-29)33-21-13-20(26-15-27-21)30-11-6-16-12-17(4-5-19(16)30)31(14-24)28-25/h4-6,11-15,18,24,28H,7-10,25H2,1-3H3. The van der Waals surface area contributed by atoms with E-state index in [1.807, 2.05) is 55.8 Å². The average Bonchev–Trinajstić information content (AvgIpc) is 3.23. The number of piperidine rings is 1. The van der Waals surface area contributed by atoms with Gasteiger partial charge in [0, 0.05) is 43.6 Å². The molecule has 1 aromatic carbocycles. The van der Waals surface area contributed by atoms with E-state index in [0.717, 1.165) is 22.9 Å². The third-order valence-corrected chi connectivity index (χ3v) is 5.48. The molecule has 0 aliphatic carbocycles. The van der Waals surface area contributed by atoms with E-state index in [9.17, 15) is 4.79 Å². The van der Waals surface area contributed by atoms with Gasteiger partial charge in [0.05, 0.1) is 11.2 Å². The third kappa shape index (κ3) is 5.26. The van der Waals surface area contributed by atoms with Gasteiger partial charge in [-0.2, -0.15) is 5.53 Å². The zero-order valence-electron chi connectivity index (χ0n) is 19.6. The Balaban J connectivity index is 1.43. The van der Waals surface area contributed by atoms with Gasteiger partial charge in [0.15, 0.2) is 0 Å². The van der Waals surface area contributed by atoms with Crippen LogP contribution >= 0.6 is 0 Å². The van der Waals surface area contributed by atoms with Crippen LogP contribution in [0.1, 0.15) is 33.6 Å². The molecule has 0 atom stereocenters. The molecule has 0 unspecified atom stereocenters. The van der Waals surface area contributed by atoms with Crippen LogP contribution in [0, 0.1) is 5.41 Å². The fourth-order valence-electron chi connectivity index (χ4n) is 3.85. The van der Waals surface area contributed by atoms with Crippen molar-refractivity contribution in [1.82, 2.24) is 25.0 Å². The normalized spacial score (nSPS) is 14.8. The number of nitrogens with zero attached hydrogens (tertiary/aromatic N) is 5. The molecule has 1 saturated heterocycles. The van der Waals surface area contributed by atoms with Gasteiger partial charge in [-0.05, 0) is 45.0 Å². The summed E-state index contributed by atoms with van der Waals surface area (Å²) in [5, 5.41) is 9.81. The fourth-order valence-corrected chi connectivity index (χ4v) is 3.85. The van der Waals surface area contributed by atoms with Crippen LogP contribution in [0.5, 0.6) is 5.88 Å². The minimum absolute atomic E-state index is 0.0405. The zero-order valence-corrected chi connectivity index (χ0v) is 19.6. The Morgan fingerprint density at radius 2 is 2.00 bits per heavy atom. The molecule has 180 valence electrons. The maximum Gasteiger partial charge on any atom is 0.410 e. The average molecular weight is 467 g/mol. The molecule has 3 aromatic rings. The van der Waals surface area contributed by atoms with Crippen molar-refractivity contribution in [3.63, 3.8) is 0 Å². The van der Waals surface area contributed by atoms with Crippen molar-refractivity contribution in [2.45, 2.75) is 45.3 Å². The lowest BCUT2D eigenvalue weighted by molar-refractivity contribution is 0.0123. The first-order chi connectivity index (χ1) is 16.3. The molecular weight excluding hydrogens is 436 g/mol. The van der Waals surface area contributed by atoms with E-state index < -0.39 is 5.60 Å². The van der Waals surface area contributed by atoms with E-state index in [2.05, 4.69) is 15.5 Å². The predicted octanol–water partition coefficient (Wildman–Crippen LogP) is 2.99. The van der Waals surface area contributed by atoms with E-state index >= 15 is 0 Å². The number of fused-ring (bicyclic) bond motifs is 1. The molecule has 0 bridgehead atoms. The van der Waals surface area contributed by atoms with Crippen molar-refractivity contribution in [1.29, 1.82) is 5.41 Å². The molecule has 11 nitrogen and oxygen atoms in total. The zero-order chi connectivity index (χ0) is 24.3. The number of amides is 1. The van der Waals surface area contributed by atoms with E-state index in [-0.39, 0.29) is 12.2 Å². The van der Waals surface area contributed by atoms with E-state index in [1.54, 1.807) is 11.0 Å². The van der Waals surface area contributed by atoms with Gasteiger partial charge >= 0.3 is 6.09 Å². The third-order valence-electron chi connectivity index (χ3n) is 5.48. The van der Waals surface area contributed by atoms with Gasteiger partial charge in [-0.3, -0.25) is 16.3 Å². The van der Waals surface area contributed by atoms with Gasteiger partial charge in [-0.15, -0.1) is 0 Å². The maximum atomic E-state index is 12.3. The van der Waals surface area contributed by atoms with Crippen molar-refractivity contribution < 1.29 is 14.3 Å². The minimum Gasteiger partial charge on any atom is -0.474 e. The number of hydrazine groups is 2. The first-order valence-corrected chi connectivity index (χ1v) is 11.1. The summed E-state index contributed by atoms with van der Waals surface area (Å²) >= 11 is 0. The van der Waals surface area contributed by atoms with Crippen molar-refractivity contribution in [3.05, 3.63) is 42.9 Å². The van der Waals surface area contributed by atoms with Crippen molar-refractivity contribution in [2.75, 3.05) is 18.1 Å². The van der Waals surface area contributed by atoms with Crippen LogP contribution in [0.15, 0.2) is 42.9 Å². The molecule has 1 aliphatic rings. The number of likely N-dealkylation sites (tertiary alicyclic amines) is 1. The van der Waals surface area contributed by atoms with Crippen molar-refractivity contribution >= 4 is 29.0 Å². The molecule has 0 radical (unpaired) electrons. The number of hydrogen-bond donors (Lipinski definition) is 3. The lowest BCUT2D eigenvalue weighted by atomic mass is 10.1. The minimum atomic E-state index is -0.507. The first-order valence-electron chi connectivity index (χ1n) is 11.1. The molecular formula is C23H30N8O3. The molecule has 1 aliphatic heterocycles. The quantitative estimate of drug-likeness (QED) is 0.218. The summed E-state index contributed by atoms with van der Waals surface area (Å²) in [6.45, 7) is 6.74. The van der Waals surface area contributed by atoms with Crippen LogP contribution in [0.2, 0.25) is 0 Å². The highest BCUT2D eigenvalue weighted by Gasteiger charge is 2.28. The smallest absolute Gasteiger partial charge is 0.410 e. The maximum absolute atomic E-state index is 12.3. The molecule has 3 heterocycles. The van der Waals surface area contributed by atoms with Crippen LogP contribution in [-0.4, -0.2) is 56.7 Å². The molecule has 2 aromatic heterocycles. The molecule has 11 heteroatoms. The van der Waals surface area contributed by atoms with Crippen molar-refractivity contribution in [3.8, 4) is 11.7 Å². The number of carbonyl (C=O) groups excluding carboxylic acids is 1.